The number of nitrogens with one attached hydrogen (secondary N) is 1. The number of hydrogen-bond acceptors (Lipinski definition) is 5. The molecule has 8 nitrogen and oxygen atoms in total. The molecule has 0 aliphatic carbocycles. The van der Waals surface area contributed by atoms with Crippen molar-refractivity contribution >= 4 is 27.7 Å². The fourth-order valence-electron chi connectivity index (χ4n) is 2.50. The number of hydrogen-bond donors (Lipinski definition) is 1. The first-order valence-corrected chi connectivity index (χ1v) is 8.99. The molecular weight excluding hydrogens is 429 g/mol. The van der Waals surface area contributed by atoms with E-state index in [0.717, 1.165) is 0 Å². The summed E-state index contributed by atoms with van der Waals surface area (Å²) >= 11 is 3.35. The lowest BCUT2D eigenvalue weighted by atomic mass is 10.2. The molecular formula is C18H13BrFN7O. The summed E-state index contributed by atoms with van der Waals surface area (Å²) in [7, 11) is 0. The van der Waals surface area contributed by atoms with Crippen LogP contribution in [0.1, 0.15) is 16.1 Å². The standard InChI is InChI=1S/C18H13BrFN7O/c19-13-11-26(10-12-4-1-2-5-14(12)20)25-17(13)24-18(28)15-8-22-16(9-21-15)27-7-3-6-23-27/h1-9,11H,10H2,(H,24,25,28). The van der Waals surface area contributed by atoms with Crippen LogP contribution in [0.2, 0.25) is 0 Å². The van der Waals surface area contributed by atoms with Crippen molar-refractivity contribution in [3.63, 3.8) is 0 Å². The number of anilines is 1. The first kappa shape index (κ1) is 18.0. The number of carbonyl (C=O) groups is 1. The van der Waals surface area contributed by atoms with Crippen molar-refractivity contribution in [1.82, 2.24) is 29.5 Å². The summed E-state index contributed by atoms with van der Waals surface area (Å²) in [5.74, 6) is 0.0276. The van der Waals surface area contributed by atoms with E-state index < -0.39 is 5.91 Å². The Kier molecular flexibility index (Phi) is 4.94. The zero-order valence-corrected chi connectivity index (χ0v) is 15.9. The van der Waals surface area contributed by atoms with Crippen molar-refractivity contribution in [2.45, 2.75) is 6.54 Å². The second kappa shape index (κ2) is 7.69. The van der Waals surface area contributed by atoms with E-state index in [9.17, 15) is 9.18 Å². The molecule has 0 saturated carbocycles. The average molecular weight is 442 g/mol. The predicted molar refractivity (Wildman–Crippen MR) is 103 cm³/mol. The number of rotatable bonds is 5. The van der Waals surface area contributed by atoms with Crippen LogP contribution in [0.15, 0.2) is 65.8 Å². The largest absolute Gasteiger partial charge is 0.303 e. The average Bonchev–Trinajstić information content (AvgIpc) is 3.34. The van der Waals surface area contributed by atoms with Crippen LogP contribution in [0.3, 0.4) is 0 Å². The Morgan fingerprint density at radius 2 is 2.04 bits per heavy atom. The second-order valence-electron chi connectivity index (χ2n) is 5.78. The molecule has 10 heteroatoms. The number of aromatic nitrogens is 6. The van der Waals surface area contributed by atoms with E-state index in [0.29, 0.717) is 21.7 Å². The van der Waals surface area contributed by atoms with Crippen molar-refractivity contribution < 1.29 is 9.18 Å². The maximum atomic E-state index is 13.8. The van der Waals surface area contributed by atoms with E-state index in [-0.39, 0.29) is 18.1 Å². The molecule has 3 aromatic heterocycles. The molecule has 1 amide bonds. The van der Waals surface area contributed by atoms with Gasteiger partial charge in [0.25, 0.3) is 5.91 Å². The highest BCUT2D eigenvalue weighted by Gasteiger charge is 2.14. The minimum atomic E-state index is -0.462. The molecule has 0 aliphatic rings. The van der Waals surface area contributed by atoms with Gasteiger partial charge in [0.15, 0.2) is 11.6 Å². The van der Waals surface area contributed by atoms with Gasteiger partial charge < -0.3 is 5.32 Å². The zero-order chi connectivity index (χ0) is 19.5. The fourth-order valence-corrected chi connectivity index (χ4v) is 2.91. The molecule has 140 valence electrons. The van der Waals surface area contributed by atoms with Crippen molar-refractivity contribution in [3.8, 4) is 5.82 Å². The van der Waals surface area contributed by atoms with E-state index in [1.807, 2.05) is 0 Å². The van der Waals surface area contributed by atoms with E-state index in [4.69, 9.17) is 0 Å². The molecule has 0 radical (unpaired) electrons. The zero-order valence-electron chi connectivity index (χ0n) is 14.3. The summed E-state index contributed by atoms with van der Waals surface area (Å²) in [5.41, 5.74) is 0.627. The highest BCUT2D eigenvalue weighted by Crippen LogP contribution is 2.21. The third-order valence-electron chi connectivity index (χ3n) is 3.85. The molecule has 1 aromatic carbocycles. The van der Waals surface area contributed by atoms with Crippen LogP contribution in [-0.2, 0) is 6.54 Å². The van der Waals surface area contributed by atoms with Gasteiger partial charge in [-0.15, -0.1) is 0 Å². The van der Waals surface area contributed by atoms with Crippen LogP contribution in [0, 0.1) is 5.82 Å². The summed E-state index contributed by atoms with van der Waals surface area (Å²) in [5, 5.41) is 11.0. The lowest BCUT2D eigenvalue weighted by molar-refractivity contribution is 0.102. The van der Waals surface area contributed by atoms with Crippen LogP contribution < -0.4 is 5.32 Å². The summed E-state index contributed by atoms with van der Waals surface area (Å²) in [6.07, 6.45) is 7.82. The molecule has 4 rings (SSSR count). The van der Waals surface area contributed by atoms with Crippen LogP contribution in [0.4, 0.5) is 10.2 Å². The Morgan fingerprint density at radius 1 is 1.18 bits per heavy atom. The lowest BCUT2D eigenvalue weighted by Gasteiger charge is -2.04. The normalized spacial score (nSPS) is 10.8. The third kappa shape index (κ3) is 3.81. The van der Waals surface area contributed by atoms with Gasteiger partial charge in [-0.3, -0.25) is 9.48 Å². The van der Waals surface area contributed by atoms with Crippen LogP contribution >= 0.6 is 15.9 Å². The molecule has 28 heavy (non-hydrogen) atoms. The maximum absolute atomic E-state index is 13.8. The fraction of sp³-hybridized carbons (Fsp3) is 0.0556. The van der Waals surface area contributed by atoms with Gasteiger partial charge in [-0.05, 0) is 28.1 Å². The molecule has 4 aromatic rings. The minimum Gasteiger partial charge on any atom is -0.303 e. The van der Waals surface area contributed by atoms with Crippen LogP contribution in [-0.4, -0.2) is 35.4 Å². The van der Waals surface area contributed by atoms with E-state index in [2.05, 4.69) is 41.4 Å². The smallest absolute Gasteiger partial charge is 0.277 e. The number of benzene rings is 1. The summed E-state index contributed by atoms with van der Waals surface area (Å²) < 4.78 is 17.4. The van der Waals surface area contributed by atoms with Crippen molar-refractivity contribution in [2.75, 3.05) is 5.32 Å². The summed E-state index contributed by atoms with van der Waals surface area (Å²) in [6, 6.07) is 8.22. The third-order valence-corrected chi connectivity index (χ3v) is 4.43. The van der Waals surface area contributed by atoms with Gasteiger partial charge >= 0.3 is 0 Å². The Bertz CT molecular complexity index is 1110. The van der Waals surface area contributed by atoms with Gasteiger partial charge in [-0.1, -0.05) is 18.2 Å². The van der Waals surface area contributed by atoms with Gasteiger partial charge in [-0.2, -0.15) is 10.2 Å². The number of nitrogens with zero attached hydrogens (tertiary/aromatic N) is 6. The minimum absolute atomic E-state index is 0.131. The van der Waals surface area contributed by atoms with Crippen molar-refractivity contribution in [3.05, 3.63) is 82.9 Å². The highest BCUT2D eigenvalue weighted by molar-refractivity contribution is 9.10. The predicted octanol–water partition coefficient (Wildman–Crippen LogP) is 3.06. The first-order valence-electron chi connectivity index (χ1n) is 8.20. The van der Waals surface area contributed by atoms with Crippen molar-refractivity contribution in [2.24, 2.45) is 0 Å². The lowest BCUT2D eigenvalue weighted by Crippen LogP contribution is -2.15. The van der Waals surface area contributed by atoms with Crippen LogP contribution in [0.5, 0.6) is 0 Å². The van der Waals surface area contributed by atoms with Gasteiger partial charge in [0.1, 0.15) is 11.5 Å². The molecule has 0 aliphatic heterocycles. The first-order chi connectivity index (χ1) is 13.6. The molecule has 1 N–H and O–H groups in total. The van der Waals surface area contributed by atoms with Crippen molar-refractivity contribution in [1.29, 1.82) is 0 Å². The summed E-state index contributed by atoms with van der Waals surface area (Å²) in [4.78, 5) is 20.7. The Balaban J connectivity index is 1.47. The number of amides is 1. The van der Waals surface area contributed by atoms with Gasteiger partial charge in [0.05, 0.1) is 23.4 Å². The molecule has 3 heterocycles. The Labute approximate surface area is 167 Å². The molecule has 0 fully saturated rings. The van der Waals surface area contributed by atoms with E-state index >= 15 is 0 Å². The van der Waals surface area contributed by atoms with Crippen LogP contribution in [0.25, 0.3) is 5.82 Å². The molecule has 0 unspecified atom stereocenters. The number of carbonyl (C=O) groups excluding carboxylic acids is 1. The van der Waals surface area contributed by atoms with Gasteiger partial charge in [0.2, 0.25) is 0 Å². The SMILES string of the molecule is O=C(Nc1nn(Cc2ccccc2F)cc1Br)c1cnc(-n2cccn2)cn1. The summed E-state index contributed by atoms with van der Waals surface area (Å²) in [6.45, 7) is 0.236. The van der Waals surface area contributed by atoms with E-state index in [1.165, 1.54) is 27.8 Å². The monoisotopic (exact) mass is 441 g/mol. The maximum Gasteiger partial charge on any atom is 0.277 e. The second-order valence-corrected chi connectivity index (χ2v) is 6.63. The van der Waals surface area contributed by atoms with E-state index in [1.54, 1.807) is 42.9 Å². The Morgan fingerprint density at radius 3 is 2.75 bits per heavy atom. The molecule has 0 saturated heterocycles. The number of halogens is 2. The molecule has 0 bridgehead atoms. The molecule has 0 spiro atoms. The quantitative estimate of drug-likeness (QED) is 0.513. The highest BCUT2D eigenvalue weighted by atomic mass is 79.9. The molecule has 0 atom stereocenters. The topological polar surface area (TPSA) is 90.5 Å². The Hall–Kier alpha value is -3.40. The van der Waals surface area contributed by atoms with Gasteiger partial charge in [0, 0.05) is 24.2 Å². The van der Waals surface area contributed by atoms with Gasteiger partial charge in [-0.25, -0.2) is 19.0 Å².